The normalized spacial score (nSPS) is 15.6. The van der Waals surface area contributed by atoms with Gasteiger partial charge in [0.15, 0.2) is 0 Å². The van der Waals surface area contributed by atoms with Gasteiger partial charge in [-0.15, -0.1) is 11.8 Å². The number of amides is 1. The standard InChI is InChI=1S/C15H19N3O2S/c1-11(16)15(19)17-13-7-5-12(6-8-13)10-21-14-4-2-3-9-18(14)20/h2-8,11,20H,9-10,16H2,1H3,(H,17,19)/t11-/m0/s1. The van der Waals surface area contributed by atoms with Gasteiger partial charge in [0.05, 0.1) is 17.6 Å². The zero-order valence-corrected chi connectivity index (χ0v) is 12.6. The number of anilines is 1. The molecule has 6 heteroatoms. The van der Waals surface area contributed by atoms with E-state index in [1.54, 1.807) is 18.7 Å². The third-order valence-electron chi connectivity index (χ3n) is 2.93. The molecule has 112 valence electrons. The SMILES string of the molecule is C[C@H](N)C(=O)Nc1ccc(CSC2=CC=CCN2O)cc1. The van der Waals surface area contributed by atoms with Crippen molar-refractivity contribution in [1.29, 1.82) is 0 Å². The molecular formula is C15H19N3O2S. The molecule has 0 aromatic heterocycles. The zero-order chi connectivity index (χ0) is 15.2. The van der Waals surface area contributed by atoms with E-state index in [-0.39, 0.29) is 5.91 Å². The summed E-state index contributed by atoms with van der Waals surface area (Å²) in [6.45, 7) is 2.16. The molecule has 1 aromatic rings. The number of rotatable bonds is 5. The van der Waals surface area contributed by atoms with E-state index >= 15 is 0 Å². The number of hydroxylamine groups is 2. The van der Waals surface area contributed by atoms with Crippen molar-refractivity contribution in [2.45, 2.75) is 18.7 Å². The van der Waals surface area contributed by atoms with Crippen LogP contribution in [0.1, 0.15) is 12.5 Å². The number of thioether (sulfide) groups is 1. The van der Waals surface area contributed by atoms with E-state index in [4.69, 9.17) is 5.73 Å². The van der Waals surface area contributed by atoms with E-state index in [1.807, 2.05) is 42.5 Å². The molecule has 1 aliphatic rings. The molecule has 2 rings (SSSR count). The molecule has 0 saturated heterocycles. The van der Waals surface area contributed by atoms with Gasteiger partial charge >= 0.3 is 0 Å². The van der Waals surface area contributed by atoms with Crippen LogP contribution in [0, 0.1) is 0 Å². The summed E-state index contributed by atoms with van der Waals surface area (Å²) in [7, 11) is 0. The Morgan fingerprint density at radius 3 is 2.81 bits per heavy atom. The van der Waals surface area contributed by atoms with Crippen LogP contribution in [0.15, 0.2) is 47.5 Å². The first kappa shape index (κ1) is 15.6. The Hall–Kier alpha value is -1.76. The highest BCUT2D eigenvalue weighted by Crippen LogP contribution is 2.25. The first-order valence-electron chi connectivity index (χ1n) is 6.67. The third-order valence-corrected chi connectivity index (χ3v) is 4.05. The fraction of sp³-hybridized carbons (Fsp3) is 0.267. The van der Waals surface area contributed by atoms with Crippen molar-refractivity contribution in [3.63, 3.8) is 0 Å². The molecule has 21 heavy (non-hydrogen) atoms. The van der Waals surface area contributed by atoms with E-state index in [0.29, 0.717) is 6.54 Å². The summed E-state index contributed by atoms with van der Waals surface area (Å²) in [6, 6.07) is 7.07. The van der Waals surface area contributed by atoms with Crippen LogP contribution in [0.2, 0.25) is 0 Å². The lowest BCUT2D eigenvalue weighted by atomic mass is 10.2. The van der Waals surface area contributed by atoms with E-state index in [1.165, 1.54) is 5.06 Å². The van der Waals surface area contributed by atoms with Crippen LogP contribution in [0.25, 0.3) is 0 Å². The summed E-state index contributed by atoms with van der Waals surface area (Å²) in [4.78, 5) is 11.5. The number of allylic oxidation sites excluding steroid dienone is 2. The first-order valence-corrected chi connectivity index (χ1v) is 7.66. The van der Waals surface area contributed by atoms with E-state index < -0.39 is 6.04 Å². The molecule has 1 atom stereocenters. The van der Waals surface area contributed by atoms with Crippen LogP contribution >= 0.6 is 11.8 Å². The molecule has 1 amide bonds. The van der Waals surface area contributed by atoms with Crippen molar-refractivity contribution in [2.75, 3.05) is 11.9 Å². The summed E-state index contributed by atoms with van der Waals surface area (Å²) >= 11 is 1.56. The Bertz CT molecular complexity index is 553. The molecule has 0 bridgehead atoms. The Morgan fingerprint density at radius 2 is 2.19 bits per heavy atom. The van der Waals surface area contributed by atoms with Crippen LogP contribution in [-0.2, 0) is 10.5 Å². The van der Waals surface area contributed by atoms with Crippen molar-refractivity contribution >= 4 is 23.4 Å². The number of nitrogens with zero attached hydrogens (tertiary/aromatic N) is 1. The maximum absolute atomic E-state index is 11.5. The van der Waals surface area contributed by atoms with Gasteiger partial charge in [0.1, 0.15) is 0 Å². The maximum Gasteiger partial charge on any atom is 0.240 e. The largest absolute Gasteiger partial charge is 0.325 e. The molecule has 0 aliphatic carbocycles. The molecule has 1 aliphatic heterocycles. The van der Waals surface area contributed by atoms with Crippen LogP contribution in [0.3, 0.4) is 0 Å². The van der Waals surface area contributed by atoms with Crippen LogP contribution < -0.4 is 11.1 Å². The average molecular weight is 305 g/mol. The fourth-order valence-corrected chi connectivity index (χ4v) is 2.61. The number of hydrogen-bond donors (Lipinski definition) is 3. The molecule has 0 fully saturated rings. The van der Waals surface area contributed by atoms with Crippen molar-refractivity contribution in [3.8, 4) is 0 Å². The van der Waals surface area contributed by atoms with Gasteiger partial charge in [0, 0.05) is 11.4 Å². The molecule has 1 heterocycles. The first-order chi connectivity index (χ1) is 10.1. The van der Waals surface area contributed by atoms with Crippen molar-refractivity contribution in [2.24, 2.45) is 5.73 Å². The lowest BCUT2D eigenvalue weighted by Gasteiger charge is -2.20. The van der Waals surface area contributed by atoms with Gasteiger partial charge in [-0.2, -0.15) is 0 Å². The van der Waals surface area contributed by atoms with E-state index in [2.05, 4.69) is 5.32 Å². The summed E-state index contributed by atoms with van der Waals surface area (Å²) in [6.07, 6.45) is 5.70. The Balaban J connectivity index is 1.89. The minimum absolute atomic E-state index is 0.202. The molecule has 5 nitrogen and oxygen atoms in total. The molecule has 0 spiro atoms. The number of nitrogens with one attached hydrogen (secondary N) is 1. The van der Waals surface area contributed by atoms with Crippen molar-refractivity contribution in [1.82, 2.24) is 5.06 Å². The number of hydrogen-bond acceptors (Lipinski definition) is 5. The van der Waals surface area contributed by atoms with Crippen molar-refractivity contribution in [3.05, 3.63) is 53.1 Å². The number of nitrogens with two attached hydrogens (primary N) is 1. The lowest BCUT2D eigenvalue weighted by molar-refractivity contribution is -0.117. The van der Waals surface area contributed by atoms with Gasteiger partial charge in [-0.25, -0.2) is 5.06 Å². The molecule has 1 aromatic carbocycles. The number of benzene rings is 1. The molecule has 4 N–H and O–H groups in total. The fourth-order valence-electron chi connectivity index (χ4n) is 1.71. The average Bonchev–Trinajstić information content (AvgIpc) is 2.48. The summed E-state index contributed by atoms with van der Waals surface area (Å²) < 4.78 is 0. The minimum atomic E-state index is -0.526. The van der Waals surface area contributed by atoms with Gasteiger partial charge in [0.2, 0.25) is 5.91 Å². The van der Waals surface area contributed by atoms with Crippen molar-refractivity contribution < 1.29 is 10.0 Å². The Morgan fingerprint density at radius 1 is 1.48 bits per heavy atom. The topological polar surface area (TPSA) is 78.6 Å². The second-order valence-corrected chi connectivity index (χ2v) is 5.77. The van der Waals surface area contributed by atoms with Gasteiger partial charge in [-0.3, -0.25) is 10.0 Å². The highest BCUT2D eigenvalue weighted by Gasteiger charge is 2.09. The van der Waals surface area contributed by atoms with Crippen LogP contribution in [0.5, 0.6) is 0 Å². The van der Waals surface area contributed by atoms with Gasteiger partial charge in [0.25, 0.3) is 0 Å². The lowest BCUT2D eigenvalue weighted by Crippen LogP contribution is -2.32. The highest BCUT2D eigenvalue weighted by molar-refractivity contribution is 8.02. The predicted octanol–water partition coefficient (Wildman–Crippen LogP) is 2.31. The summed E-state index contributed by atoms with van der Waals surface area (Å²) in [5, 5.41) is 14.5. The van der Waals surface area contributed by atoms with Gasteiger partial charge in [-0.1, -0.05) is 24.3 Å². The zero-order valence-electron chi connectivity index (χ0n) is 11.8. The van der Waals surface area contributed by atoms with Crippen LogP contribution in [-0.4, -0.2) is 28.8 Å². The third kappa shape index (κ3) is 4.63. The van der Waals surface area contributed by atoms with Gasteiger partial charge < -0.3 is 11.1 Å². The predicted molar refractivity (Wildman–Crippen MR) is 85.7 cm³/mol. The van der Waals surface area contributed by atoms with Gasteiger partial charge in [-0.05, 0) is 30.7 Å². The van der Waals surface area contributed by atoms with E-state index in [9.17, 15) is 10.0 Å². The quantitative estimate of drug-likeness (QED) is 0.778. The number of carbonyl (C=O) groups excluding carboxylic acids is 1. The second kappa shape index (κ2) is 7.31. The molecule has 0 unspecified atom stereocenters. The minimum Gasteiger partial charge on any atom is -0.325 e. The molecule has 0 saturated carbocycles. The monoisotopic (exact) mass is 305 g/mol. The Kier molecular flexibility index (Phi) is 5.44. The highest BCUT2D eigenvalue weighted by atomic mass is 32.2. The second-order valence-electron chi connectivity index (χ2n) is 4.78. The maximum atomic E-state index is 11.5. The summed E-state index contributed by atoms with van der Waals surface area (Å²) in [5.74, 6) is 0.547. The number of carbonyl (C=O) groups is 1. The Labute approximate surface area is 128 Å². The molecular weight excluding hydrogens is 286 g/mol. The summed E-state index contributed by atoms with van der Waals surface area (Å²) in [5.41, 5.74) is 7.35. The molecule has 0 radical (unpaired) electrons. The smallest absolute Gasteiger partial charge is 0.240 e. The van der Waals surface area contributed by atoms with Crippen LogP contribution in [0.4, 0.5) is 5.69 Å². The van der Waals surface area contributed by atoms with E-state index in [0.717, 1.165) is 22.0 Å².